The van der Waals surface area contributed by atoms with Crippen molar-refractivity contribution < 1.29 is 0 Å². The summed E-state index contributed by atoms with van der Waals surface area (Å²) in [6.07, 6.45) is 4.22. The first-order valence-corrected chi connectivity index (χ1v) is 6.93. The number of aromatic nitrogens is 2. The van der Waals surface area contributed by atoms with E-state index in [-0.39, 0.29) is 0 Å². The lowest BCUT2D eigenvalue weighted by molar-refractivity contribution is 0.448. The van der Waals surface area contributed by atoms with Crippen molar-refractivity contribution in [3.8, 4) is 0 Å². The average Bonchev–Trinajstić information content (AvgIpc) is 2.47. The molecule has 0 spiro atoms. The molecule has 2 heterocycles. The second kappa shape index (κ2) is 5.11. The van der Waals surface area contributed by atoms with Crippen LogP contribution in [0.15, 0.2) is 30.5 Å². The molecule has 1 unspecified atom stereocenters. The SMILES string of the molecule is ClCC1CCCN(c2nncc3ccccc23)C1. The minimum atomic E-state index is 0.571. The standard InChI is InChI=1S/C14H16ClN3/c15-8-11-4-3-7-18(10-11)14-13-6-2-1-5-12(13)9-16-17-14/h1-2,5-6,9,11H,3-4,7-8,10H2. The molecule has 18 heavy (non-hydrogen) atoms. The summed E-state index contributed by atoms with van der Waals surface area (Å²) in [5.41, 5.74) is 0. The first-order valence-electron chi connectivity index (χ1n) is 6.40. The number of piperidine rings is 1. The number of hydrogen-bond donors (Lipinski definition) is 0. The lowest BCUT2D eigenvalue weighted by Gasteiger charge is -2.32. The highest BCUT2D eigenvalue weighted by atomic mass is 35.5. The Morgan fingerprint density at radius 2 is 2.22 bits per heavy atom. The van der Waals surface area contributed by atoms with E-state index >= 15 is 0 Å². The fraction of sp³-hybridized carbons (Fsp3) is 0.429. The molecule has 0 N–H and O–H groups in total. The summed E-state index contributed by atoms with van der Waals surface area (Å²) in [7, 11) is 0. The molecule has 1 aliphatic rings. The normalized spacial score (nSPS) is 20.3. The molecule has 1 atom stereocenters. The van der Waals surface area contributed by atoms with Crippen LogP contribution in [-0.2, 0) is 0 Å². The third-order valence-corrected chi connectivity index (χ3v) is 4.02. The van der Waals surface area contributed by atoms with Gasteiger partial charge in [-0.2, -0.15) is 5.10 Å². The van der Waals surface area contributed by atoms with Crippen LogP contribution in [0.2, 0.25) is 0 Å². The van der Waals surface area contributed by atoms with Crippen molar-refractivity contribution in [2.24, 2.45) is 5.92 Å². The van der Waals surface area contributed by atoms with Gasteiger partial charge in [-0.1, -0.05) is 24.3 Å². The van der Waals surface area contributed by atoms with Crippen molar-refractivity contribution in [3.63, 3.8) is 0 Å². The number of alkyl halides is 1. The molecule has 94 valence electrons. The van der Waals surface area contributed by atoms with Crippen molar-refractivity contribution >= 4 is 28.2 Å². The number of hydrogen-bond acceptors (Lipinski definition) is 3. The number of anilines is 1. The Bertz CT molecular complexity index is 538. The van der Waals surface area contributed by atoms with Crippen LogP contribution in [0.3, 0.4) is 0 Å². The van der Waals surface area contributed by atoms with E-state index in [0.717, 1.165) is 30.2 Å². The molecule has 1 aromatic heterocycles. The van der Waals surface area contributed by atoms with Gasteiger partial charge in [0.2, 0.25) is 0 Å². The average molecular weight is 262 g/mol. The van der Waals surface area contributed by atoms with Gasteiger partial charge < -0.3 is 4.90 Å². The van der Waals surface area contributed by atoms with Gasteiger partial charge in [0, 0.05) is 29.7 Å². The number of rotatable bonds is 2. The maximum Gasteiger partial charge on any atom is 0.159 e. The van der Waals surface area contributed by atoms with Crippen LogP contribution in [-0.4, -0.2) is 29.2 Å². The largest absolute Gasteiger partial charge is 0.354 e. The minimum Gasteiger partial charge on any atom is -0.354 e. The highest BCUT2D eigenvalue weighted by Gasteiger charge is 2.21. The third kappa shape index (κ3) is 2.15. The van der Waals surface area contributed by atoms with Gasteiger partial charge in [0.05, 0.1) is 6.20 Å². The maximum atomic E-state index is 5.99. The topological polar surface area (TPSA) is 29.0 Å². The van der Waals surface area contributed by atoms with Crippen molar-refractivity contribution in [1.29, 1.82) is 0 Å². The summed E-state index contributed by atoms with van der Waals surface area (Å²) in [5.74, 6) is 2.30. The zero-order chi connectivity index (χ0) is 12.4. The van der Waals surface area contributed by atoms with Crippen molar-refractivity contribution in [2.75, 3.05) is 23.9 Å². The van der Waals surface area contributed by atoms with Crippen LogP contribution in [0.4, 0.5) is 5.82 Å². The Hall–Kier alpha value is -1.35. The molecule has 1 fully saturated rings. The third-order valence-electron chi connectivity index (χ3n) is 3.59. The summed E-state index contributed by atoms with van der Waals surface area (Å²) in [6, 6.07) is 8.28. The Morgan fingerprint density at radius 3 is 3.11 bits per heavy atom. The van der Waals surface area contributed by atoms with Gasteiger partial charge in [-0.25, -0.2) is 0 Å². The van der Waals surface area contributed by atoms with Gasteiger partial charge in [-0.3, -0.25) is 0 Å². The molecule has 1 aromatic carbocycles. The van der Waals surface area contributed by atoms with Crippen LogP contribution in [0.1, 0.15) is 12.8 Å². The Labute approximate surface area is 112 Å². The van der Waals surface area contributed by atoms with E-state index < -0.39 is 0 Å². The molecule has 2 aromatic rings. The Balaban J connectivity index is 1.98. The summed E-state index contributed by atoms with van der Waals surface area (Å²) < 4.78 is 0. The highest BCUT2D eigenvalue weighted by molar-refractivity contribution is 6.18. The van der Waals surface area contributed by atoms with Crippen molar-refractivity contribution in [3.05, 3.63) is 30.5 Å². The van der Waals surface area contributed by atoms with E-state index in [0.29, 0.717) is 5.92 Å². The number of fused-ring (bicyclic) bond motifs is 1. The predicted molar refractivity (Wildman–Crippen MR) is 75.2 cm³/mol. The first-order chi connectivity index (χ1) is 8.88. The number of nitrogens with zero attached hydrogens (tertiary/aromatic N) is 3. The van der Waals surface area contributed by atoms with Crippen LogP contribution in [0.5, 0.6) is 0 Å². The van der Waals surface area contributed by atoms with Crippen molar-refractivity contribution in [2.45, 2.75) is 12.8 Å². The molecule has 3 nitrogen and oxygen atoms in total. The highest BCUT2D eigenvalue weighted by Crippen LogP contribution is 2.27. The second-order valence-corrected chi connectivity index (χ2v) is 5.17. The number of benzene rings is 1. The second-order valence-electron chi connectivity index (χ2n) is 4.86. The Kier molecular flexibility index (Phi) is 3.33. The van der Waals surface area contributed by atoms with Gasteiger partial charge in [0.1, 0.15) is 0 Å². The summed E-state index contributed by atoms with van der Waals surface area (Å²) in [4.78, 5) is 2.33. The first kappa shape index (κ1) is 11.7. The summed E-state index contributed by atoms with van der Waals surface area (Å²) in [5, 5.41) is 10.8. The van der Waals surface area contributed by atoms with Gasteiger partial charge in [-0.05, 0) is 18.8 Å². The smallest absolute Gasteiger partial charge is 0.159 e. The molecule has 0 bridgehead atoms. The van der Waals surface area contributed by atoms with E-state index in [1.807, 2.05) is 12.3 Å². The maximum absolute atomic E-state index is 5.99. The van der Waals surface area contributed by atoms with Crippen LogP contribution >= 0.6 is 11.6 Å². The van der Waals surface area contributed by atoms with Crippen LogP contribution in [0.25, 0.3) is 10.8 Å². The van der Waals surface area contributed by atoms with Gasteiger partial charge >= 0.3 is 0 Å². The van der Waals surface area contributed by atoms with E-state index in [4.69, 9.17) is 11.6 Å². The van der Waals surface area contributed by atoms with Crippen molar-refractivity contribution in [1.82, 2.24) is 10.2 Å². The number of halogens is 1. The van der Waals surface area contributed by atoms with Crippen LogP contribution < -0.4 is 4.90 Å². The molecule has 1 aliphatic heterocycles. The van der Waals surface area contributed by atoms with E-state index in [2.05, 4.69) is 33.3 Å². The molecule has 0 radical (unpaired) electrons. The Morgan fingerprint density at radius 1 is 1.33 bits per heavy atom. The molecule has 0 saturated carbocycles. The predicted octanol–water partition coefficient (Wildman–Crippen LogP) is 3.09. The molecule has 3 rings (SSSR count). The summed E-state index contributed by atoms with van der Waals surface area (Å²) in [6.45, 7) is 2.04. The molecule has 0 amide bonds. The molecule has 4 heteroatoms. The minimum absolute atomic E-state index is 0.571. The van der Waals surface area contributed by atoms with Crippen LogP contribution in [0, 0.1) is 5.92 Å². The summed E-state index contributed by atoms with van der Waals surface area (Å²) >= 11 is 5.99. The van der Waals surface area contributed by atoms with E-state index in [1.165, 1.54) is 18.2 Å². The fourth-order valence-corrected chi connectivity index (χ4v) is 2.88. The lowest BCUT2D eigenvalue weighted by Crippen LogP contribution is -2.36. The zero-order valence-electron chi connectivity index (χ0n) is 10.2. The quantitative estimate of drug-likeness (QED) is 0.778. The zero-order valence-corrected chi connectivity index (χ0v) is 11.0. The van der Waals surface area contributed by atoms with Gasteiger partial charge in [0.25, 0.3) is 0 Å². The molecule has 1 saturated heterocycles. The molecular formula is C14H16ClN3. The lowest BCUT2D eigenvalue weighted by atomic mass is 9.99. The molecular weight excluding hydrogens is 246 g/mol. The molecule has 0 aliphatic carbocycles. The van der Waals surface area contributed by atoms with E-state index in [1.54, 1.807) is 0 Å². The van der Waals surface area contributed by atoms with Gasteiger partial charge in [-0.15, -0.1) is 16.7 Å². The van der Waals surface area contributed by atoms with Gasteiger partial charge in [0.15, 0.2) is 5.82 Å². The monoisotopic (exact) mass is 261 g/mol. The van der Waals surface area contributed by atoms with E-state index in [9.17, 15) is 0 Å². The fourth-order valence-electron chi connectivity index (χ4n) is 2.63.